The van der Waals surface area contributed by atoms with Crippen molar-refractivity contribution in [2.45, 2.75) is 53.4 Å². The molecule has 1 unspecified atom stereocenters. The number of allylic oxidation sites excluding steroid dienone is 2. The molecule has 2 heteroatoms. The molecule has 0 saturated carbocycles. The maximum atomic E-state index is 11.6. The van der Waals surface area contributed by atoms with Crippen molar-refractivity contribution in [2.24, 2.45) is 17.8 Å². The Morgan fingerprint density at radius 2 is 2.18 bits per heavy atom. The third-order valence-electron chi connectivity index (χ3n) is 3.69. The van der Waals surface area contributed by atoms with E-state index < -0.39 is 0 Å². The predicted octanol–water partition coefficient (Wildman–Crippen LogP) is 3.96. The lowest BCUT2D eigenvalue weighted by atomic mass is 9.79. The summed E-state index contributed by atoms with van der Waals surface area (Å²) in [5.74, 6) is 1.49. The summed E-state index contributed by atoms with van der Waals surface area (Å²) < 4.78 is 5.05. The molecule has 1 rings (SSSR count). The van der Waals surface area contributed by atoms with Crippen LogP contribution in [0.1, 0.15) is 53.4 Å². The van der Waals surface area contributed by atoms with Crippen LogP contribution in [-0.2, 0) is 9.53 Å². The zero-order valence-electron chi connectivity index (χ0n) is 11.7. The first-order valence-corrected chi connectivity index (χ1v) is 6.89. The Labute approximate surface area is 105 Å². The Morgan fingerprint density at radius 1 is 1.47 bits per heavy atom. The minimum atomic E-state index is -0.0555. The average Bonchev–Trinajstić information content (AvgIpc) is 2.29. The molecule has 0 bridgehead atoms. The van der Waals surface area contributed by atoms with Crippen molar-refractivity contribution in [3.8, 4) is 0 Å². The van der Waals surface area contributed by atoms with E-state index in [1.165, 1.54) is 24.8 Å². The Kier molecular flexibility index (Phi) is 5.73. The molecule has 1 aliphatic carbocycles. The van der Waals surface area contributed by atoms with E-state index in [4.69, 9.17) is 4.74 Å². The van der Waals surface area contributed by atoms with Crippen LogP contribution in [0.5, 0.6) is 0 Å². The van der Waals surface area contributed by atoms with E-state index in [-0.39, 0.29) is 11.9 Å². The maximum Gasteiger partial charge on any atom is 0.308 e. The zero-order chi connectivity index (χ0) is 12.8. The van der Waals surface area contributed by atoms with Crippen LogP contribution in [0.3, 0.4) is 0 Å². The molecule has 0 heterocycles. The van der Waals surface area contributed by atoms with Gasteiger partial charge in [0.15, 0.2) is 0 Å². The molecule has 0 amide bonds. The van der Waals surface area contributed by atoms with Crippen LogP contribution < -0.4 is 0 Å². The molecule has 0 aromatic heterocycles. The summed E-state index contributed by atoms with van der Waals surface area (Å²) in [7, 11) is 0. The van der Waals surface area contributed by atoms with Gasteiger partial charge >= 0.3 is 5.97 Å². The van der Waals surface area contributed by atoms with Gasteiger partial charge in [-0.05, 0) is 44.4 Å². The van der Waals surface area contributed by atoms with E-state index >= 15 is 0 Å². The Morgan fingerprint density at radius 3 is 2.76 bits per heavy atom. The van der Waals surface area contributed by atoms with Crippen molar-refractivity contribution in [2.75, 3.05) is 6.61 Å². The summed E-state index contributed by atoms with van der Waals surface area (Å²) in [4.78, 5) is 11.6. The Bertz CT molecular complexity index is 279. The fourth-order valence-corrected chi connectivity index (χ4v) is 2.52. The quantitative estimate of drug-likeness (QED) is 0.535. The van der Waals surface area contributed by atoms with Gasteiger partial charge in [-0.3, -0.25) is 4.79 Å². The molecule has 2 atom stereocenters. The highest BCUT2D eigenvalue weighted by Crippen LogP contribution is 2.32. The van der Waals surface area contributed by atoms with E-state index in [0.29, 0.717) is 6.61 Å². The molecular formula is C15H26O2. The number of carbonyl (C=O) groups excluding carboxylic acids is 1. The number of hydrogen-bond donors (Lipinski definition) is 0. The van der Waals surface area contributed by atoms with Gasteiger partial charge in [-0.15, -0.1) is 0 Å². The molecule has 0 fully saturated rings. The van der Waals surface area contributed by atoms with Crippen LogP contribution >= 0.6 is 0 Å². The first kappa shape index (κ1) is 14.3. The van der Waals surface area contributed by atoms with Gasteiger partial charge in [-0.1, -0.05) is 32.4 Å². The molecule has 98 valence electrons. The van der Waals surface area contributed by atoms with Gasteiger partial charge in [0.25, 0.3) is 0 Å². The standard InChI is InChI=1S/C15H26O2/c1-5-17-15(16)12(4)9-13-7-6-8-14(10-13)11(2)3/h7,11-12,14H,5-6,8-10H2,1-4H3/t12?,14-/m1/s1. The fourth-order valence-electron chi connectivity index (χ4n) is 2.52. The summed E-state index contributed by atoms with van der Waals surface area (Å²) in [5.41, 5.74) is 1.45. The first-order chi connectivity index (χ1) is 8.04. The molecule has 0 radical (unpaired) electrons. The van der Waals surface area contributed by atoms with Crippen LogP contribution in [0.4, 0.5) is 0 Å². The van der Waals surface area contributed by atoms with Gasteiger partial charge in [0, 0.05) is 0 Å². The number of carbonyl (C=O) groups is 1. The molecule has 0 aromatic carbocycles. The average molecular weight is 238 g/mol. The molecular weight excluding hydrogens is 212 g/mol. The Hall–Kier alpha value is -0.790. The van der Waals surface area contributed by atoms with Gasteiger partial charge in [0.1, 0.15) is 0 Å². The predicted molar refractivity (Wildman–Crippen MR) is 70.7 cm³/mol. The lowest BCUT2D eigenvalue weighted by Crippen LogP contribution is -2.18. The van der Waals surface area contributed by atoms with Crippen molar-refractivity contribution in [1.29, 1.82) is 0 Å². The largest absolute Gasteiger partial charge is 0.466 e. The first-order valence-electron chi connectivity index (χ1n) is 6.89. The second-order valence-corrected chi connectivity index (χ2v) is 5.51. The van der Waals surface area contributed by atoms with Crippen LogP contribution in [0.2, 0.25) is 0 Å². The summed E-state index contributed by atoms with van der Waals surface area (Å²) in [6, 6.07) is 0. The van der Waals surface area contributed by atoms with Gasteiger partial charge in [0.2, 0.25) is 0 Å². The topological polar surface area (TPSA) is 26.3 Å². The lowest BCUT2D eigenvalue weighted by molar-refractivity contribution is -0.147. The zero-order valence-corrected chi connectivity index (χ0v) is 11.7. The monoisotopic (exact) mass is 238 g/mol. The molecule has 0 N–H and O–H groups in total. The van der Waals surface area contributed by atoms with Gasteiger partial charge in [-0.25, -0.2) is 0 Å². The number of hydrogen-bond acceptors (Lipinski definition) is 2. The summed E-state index contributed by atoms with van der Waals surface area (Å²) >= 11 is 0. The SMILES string of the molecule is CCOC(=O)C(C)CC1=CCC[C@@H](C(C)C)C1. The highest BCUT2D eigenvalue weighted by Gasteiger charge is 2.22. The van der Waals surface area contributed by atoms with Gasteiger partial charge < -0.3 is 4.74 Å². The van der Waals surface area contributed by atoms with Crippen molar-refractivity contribution in [1.82, 2.24) is 0 Å². The number of ether oxygens (including phenoxy) is 1. The maximum absolute atomic E-state index is 11.6. The molecule has 1 aliphatic rings. The minimum Gasteiger partial charge on any atom is -0.466 e. The molecule has 0 aliphatic heterocycles. The van der Waals surface area contributed by atoms with E-state index in [1.807, 2.05) is 13.8 Å². The van der Waals surface area contributed by atoms with Crippen LogP contribution in [0.15, 0.2) is 11.6 Å². The lowest BCUT2D eigenvalue weighted by Gasteiger charge is -2.27. The van der Waals surface area contributed by atoms with Gasteiger partial charge in [0.05, 0.1) is 12.5 Å². The Balaban J connectivity index is 2.46. The van der Waals surface area contributed by atoms with Crippen molar-refractivity contribution >= 4 is 5.97 Å². The van der Waals surface area contributed by atoms with Crippen molar-refractivity contribution in [3.63, 3.8) is 0 Å². The van der Waals surface area contributed by atoms with E-state index in [0.717, 1.165) is 18.3 Å². The summed E-state index contributed by atoms with van der Waals surface area (Å²) in [6.45, 7) is 8.90. The molecule has 0 aromatic rings. The molecule has 17 heavy (non-hydrogen) atoms. The highest BCUT2D eigenvalue weighted by molar-refractivity contribution is 5.72. The second-order valence-electron chi connectivity index (χ2n) is 5.51. The minimum absolute atomic E-state index is 0.00659. The second kappa shape index (κ2) is 6.83. The summed E-state index contributed by atoms with van der Waals surface area (Å²) in [5, 5.41) is 0. The molecule has 0 spiro atoms. The van der Waals surface area contributed by atoms with Gasteiger partial charge in [-0.2, -0.15) is 0 Å². The fraction of sp³-hybridized carbons (Fsp3) is 0.800. The number of rotatable bonds is 5. The van der Waals surface area contributed by atoms with E-state index in [9.17, 15) is 4.79 Å². The third-order valence-corrected chi connectivity index (χ3v) is 3.69. The van der Waals surface area contributed by atoms with Crippen LogP contribution in [-0.4, -0.2) is 12.6 Å². The van der Waals surface area contributed by atoms with Crippen LogP contribution in [0, 0.1) is 17.8 Å². The molecule has 0 saturated heterocycles. The van der Waals surface area contributed by atoms with E-state index in [1.54, 1.807) is 0 Å². The molecule has 2 nitrogen and oxygen atoms in total. The third kappa shape index (κ3) is 4.53. The van der Waals surface area contributed by atoms with E-state index in [2.05, 4.69) is 19.9 Å². The smallest absolute Gasteiger partial charge is 0.308 e. The normalized spacial score (nSPS) is 22.2. The number of esters is 1. The van der Waals surface area contributed by atoms with Crippen molar-refractivity contribution < 1.29 is 9.53 Å². The van der Waals surface area contributed by atoms with Crippen LogP contribution in [0.25, 0.3) is 0 Å². The highest BCUT2D eigenvalue weighted by atomic mass is 16.5. The van der Waals surface area contributed by atoms with Crippen molar-refractivity contribution in [3.05, 3.63) is 11.6 Å². The summed E-state index contributed by atoms with van der Waals surface area (Å²) in [6.07, 6.45) is 6.85.